The average molecular weight is 435 g/mol. The van der Waals surface area contributed by atoms with Crippen LogP contribution in [0.25, 0.3) is 0 Å². The number of aromatic amines is 1. The van der Waals surface area contributed by atoms with Gasteiger partial charge in [0, 0.05) is 6.54 Å². The highest BCUT2D eigenvalue weighted by Crippen LogP contribution is 2.28. The molecule has 0 spiro atoms. The molecule has 1 aromatic carbocycles. The number of nitrogens with zero attached hydrogens (tertiary/aromatic N) is 2. The van der Waals surface area contributed by atoms with Gasteiger partial charge in [0.15, 0.2) is 5.69 Å². The molecule has 0 saturated carbocycles. The summed E-state index contributed by atoms with van der Waals surface area (Å²) in [6, 6.07) is 8.21. The van der Waals surface area contributed by atoms with Crippen LogP contribution in [0.3, 0.4) is 0 Å². The molecule has 2 N–H and O–H groups in total. The molecule has 1 aromatic heterocycles. The smallest absolute Gasteiger partial charge is 0.273 e. The number of H-pyrrole nitrogens is 1. The molecule has 0 bridgehead atoms. The first-order valence-electron chi connectivity index (χ1n) is 9.41. The van der Waals surface area contributed by atoms with Crippen molar-refractivity contribution < 1.29 is 9.53 Å². The van der Waals surface area contributed by atoms with Crippen molar-refractivity contribution in [2.24, 2.45) is 0 Å². The Morgan fingerprint density at radius 1 is 1.37 bits per heavy atom. The molecule has 1 atom stereocenters. The molecule has 146 valence electrons. The number of hydrogen-bond acceptors (Lipinski definition) is 4. The summed E-state index contributed by atoms with van der Waals surface area (Å²) in [6.07, 6.45) is 2.38. The van der Waals surface area contributed by atoms with Gasteiger partial charge in [0.1, 0.15) is 5.75 Å². The Kier molecular flexibility index (Phi) is 6.55. The number of amides is 1. The third-order valence-electron chi connectivity index (χ3n) is 5.04. The van der Waals surface area contributed by atoms with Crippen LogP contribution < -0.4 is 10.1 Å². The van der Waals surface area contributed by atoms with Crippen molar-refractivity contribution in [3.8, 4) is 5.75 Å². The van der Waals surface area contributed by atoms with E-state index in [1.807, 2.05) is 12.1 Å². The van der Waals surface area contributed by atoms with E-state index in [1.165, 1.54) is 12.8 Å². The number of carbonyl (C=O) groups is 1. The average Bonchev–Trinajstić information content (AvgIpc) is 3.32. The fraction of sp³-hybridized carbons (Fsp3) is 0.500. The number of ether oxygens (including phenoxy) is 1. The lowest BCUT2D eigenvalue weighted by Gasteiger charge is -2.28. The highest BCUT2D eigenvalue weighted by molar-refractivity contribution is 9.10. The van der Waals surface area contributed by atoms with Crippen molar-refractivity contribution in [2.45, 2.75) is 38.6 Å². The minimum absolute atomic E-state index is 0.119. The topological polar surface area (TPSA) is 70.2 Å². The molecule has 0 aliphatic carbocycles. The first kappa shape index (κ1) is 19.9. The number of methoxy groups -OCH3 is 1. The minimum atomic E-state index is -0.169. The zero-order valence-corrected chi connectivity index (χ0v) is 17.7. The predicted molar refractivity (Wildman–Crippen MR) is 109 cm³/mol. The summed E-state index contributed by atoms with van der Waals surface area (Å²) in [6.45, 7) is 6.74. The highest BCUT2D eigenvalue weighted by atomic mass is 79.9. The number of nitrogens with one attached hydrogen (secondary N) is 2. The van der Waals surface area contributed by atoms with Gasteiger partial charge in [-0.2, -0.15) is 5.10 Å². The van der Waals surface area contributed by atoms with Crippen LogP contribution in [0.15, 0.2) is 28.7 Å². The van der Waals surface area contributed by atoms with Crippen LogP contribution >= 0.6 is 15.9 Å². The Balaban J connectivity index is 1.75. The Bertz CT molecular complexity index is 784. The third kappa shape index (κ3) is 4.52. The van der Waals surface area contributed by atoms with E-state index in [1.54, 1.807) is 7.11 Å². The Morgan fingerprint density at radius 3 is 2.74 bits per heavy atom. The van der Waals surface area contributed by atoms with Crippen LogP contribution in [-0.4, -0.2) is 47.7 Å². The van der Waals surface area contributed by atoms with E-state index in [-0.39, 0.29) is 17.9 Å². The van der Waals surface area contributed by atoms with Gasteiger partial charge in [-0.1, -0.05) is 26.0 Å². The lowest BCUT2D eigenvalue weighted by atomic mass is 10.0. The SMILES string of the molecule is COc1cccc(C(CNC(=O)c2n[nH]c(C(C)C)c2Br)N2CCCC2)c1. The van der Waals surface area contributed by atoms with Crippen molar-refractivity contribution in [1.82, 2.24) is 20.4 Å². The van der Waals surface area contributed by atoms with Gasteiger partial charge in [0.25, 0.3) is 5.91 Å². The lowest BCUT2D eigenvalue weighted by Crippen LogP contribution is -2.37. The molecule has 3 rings (SSSR count). The minimum Gasteiger partial charge on any atom is -0.497 e. The van der Waals surface area contributed by atoms with Gasteiger partial charge >= 0.3 is 0 Å². The predicted octanol–water partition coefficient (Wildman–Crippen LogP) is 3.87. The van der Waals surface area contributed by atoms with Gasteiger partial charge in [-0.05, 0) is 65.5 Å². The molecule has 1 fully saturated rings. The molecule has 1 amide bonds. The second kappa shape index (κ2) is 8.89. The Labute approximate surface area is 168 Å². The molecular weight excluding hydrogens is 408 g/mol. The number of rotatable bonds is 7. The molecule has 2 aromatic rings. The molecule has 6 nitrogen and oxygen atoms in total. The number of aromatic nitrogens is 2. The van der Waals surface area contributed by atoms with E-state index in [0.29, 0.717) is 12.2 Å². The number of carbonyl (C=O) groups excluding carboxylic acids is 1. The summed E-state index contributed by atoms with van der Waals surface area (Å²) in [4.78, 5) is 15.1. The van der Waals surface area contributed by atoms with Crippen LogP contribution in [0.5, 0.6) is 5.75 Å². The maximum absolute atomic E-state index is 12.7. The molecule has 1 unspecified atom stereocenters. The van der Waals surface area contributed by atoms with Crippen molar-refractivity contribution in [3.05, 3.63) is 45.7 Å². The van der Waals surface area contributed by atoms with Crippen molar-refractivity contribution >= 4 is 21.8 Å². The van der Waals surface area contributed by atoms with Gasteiger partial charge in [-0.15, -0.1) is 0 Å². The van der Waals surface area contributed by atoms with E-state index < -0.39 is 0 Å². The van der Waals surface area contributed by atoms with Crippen LogP contribution in [0.2, 0.25) is 0 Å². The fourth-order valence-corrected chi connectivity index (χ4v) is 4.32. The van der Waals surface area contributed by atoms with Gasteiger partial charge < -0.3 is 10.1 Å². The van der Waals surface area contributed by atoms with Crippen LogP contribution in [-0.2, 0) is 0 Å². The molecule has 1 aliphatic heterocycles. The van der Waals surface area contributed by atoms with Crippen molar-refractivity contribution in [1.29, 1.82) is 0 Å². The molecule has 1 saturated heterocycles. The van der Waals surface area contributed by atoms with E-state index in [4.69, 9.17) is 4.74 Å². The normalized spacial score (nSPS) is 15.9. The van der Waals surface area contributed by atoms with Gasteiger partial charge in [0.2, 0.25) is 0 Å². The summed E-state index contributed by atoms with van der Waals surface area (Å²) < 4.78 is 6.12. The zero-order chi connectivity index (χ0) is 19.4. The highest BCUT2D eigenvalue weighted by Gasteiger charge is 2.26. The number of likely N-dealkylation sites (tertiary alicyclic amines) is 1. The summed E-state index contributed by atoms with van der Waals surface area (Å²) in [5.41, 5.74) is 2.49. The van der Waals surface area contributed by atoms with E-state index in [9.17, 15) is 4.79 Å². The molecular formula is C20H27BrN4O2. The largest absolute Gasteiger partial charge is 0.497 e. The van der Waals surface area contributed by atoms with Crippen molar-refractivity contribution in [2.75, 3.05) is 26.7 Å². The van der Waals surface area contributed by atoms with Gasteiger partial charge in [-0.25, -0.2) is 0 Å². The molecule has 27 heavy (non-hydrogen) atoms. The second-order valence-electron chi connectivity index (χ2n) is 7.20. The monoisotopic (exact) mass is 434 g/mol. The lowest BCUT2D eigenvalue weighted by molar-refractivity contribution is 0.0932. The van der Waals surface area contributed by atoms with Gasteiger partial charge in [0.05, 0.1) is 23.3 Å². The summed E-state index contributed by atoms with van der Waals surface area (Å²) >= 11 is 3.51. The number of hydrogen-bond donors (Lipinski definition) is 2. The molecule has 2 heterocycles. The summed E-state index contributed by atoms with van der Waals surface area (Å²) in [7, 11) is 1.67. The van der Waals surface area contributed by atoms with Crippen LogP contribution in [0.1, 0.15) is 60.4 Å². The van der Waals surface area contributed by atoms with Crippen LogP contribution in [0, 0.1) is 0 Å². The second-order valence-corrected chi connectivity index (χ2v) is 7.99. The van der Waals surface area contributed by atoms with E-state index >= 15 is 0 Å². The number of benzene rings is 1. The number of halogens is 1. The fourth-order valence-electron chi connectivity index (χ4n) is 3.51. The Morgan fingerprint density at radius 2 is 2.11 bits per heavy atom. The van der Waals surface area contributed by atoms with E-state index in [0.717, 1.165) is 34.6 Å². The summed E-state index contributed by atoms with van der Waals surface area (Å²) in [5.74, 6) is 0.930. The molecule has 0 radical (unpaired) electrons. The zero-order valence-electron chi connectivity index (χ0n) is 16.1. The van der Waals surface area contributed by atoms with Crippen LogP contribution in [0.4, 0.5) is 0 Å². The molecule has 1 aliphatic rings. The maximum Gasteiger partial charge on any atom is 0.273 e. The first-order valence-corrected chi connectivity index (χ1v) is 10.2. The third-order valence-corrected chi connectivity index (χ3v) is 5.84. The standard InChI is InChI=1S/C20H27BrN4O2/c1-13(2)18-17(21)19(24-23-18)20(26)22-12-16(25-9-4-5-10-25)14-7-6-8-15(11-14)27-3/h6-8,11,13,16H,4-5,9-10,12H2,1-3H3,(H,22,26)(H,23,24). The Hall–Kier alpha value is -1.86. The van der Waals surface area contributed by atoms with Crippen molar-refractivity contribution in [3.63, 3.8) is 0 Å². The van der Waals surface area contributed by atoms with Gasteiger partial charge in [-0.3, -0.25) is 14.8 Å². The maximum atomic E-state index is 12.7. The summed E-state index contributed by atoms with van der Waals surface area (Å²) in [5, 5.41) is 10.2. The van der Waals surface area contributed by atoms with E-state index in [2.05, 4.69) is 62.3 Å². The first-order chi connectivity index (χ1) is 13.0. The quantitative estimate of drug-likeness (QED) is 0.693. The molecule has 7 heteroatoms.